The van der Waals surface area contributed by atoms with E-state index in [0.717, 1.165) is 16.7 Å². The van der Waals surface area contributed by atoms with Crippen LogP contribution in [0.5, 0.6) is 0 Å². The van der Waals surface area contributed by atoms with E-state index in [1.165, 1.54) is 0 Å². The third kappa shape index (κ3) is 5.65. The zero-order valence-electron chi connectivity index (χ0n) is 13.2. The minimum atomic E-state index is -3.72. The summed E-state index contributed by atoms with van der Waals surface area (Å²) >= 11 is 0. The summed E-state index contributed by atoms with van der Waals surface area (Å²) in [5, 5.41) is 13.2. The van der Waals surface area contributed by atoms with E-state index in [4.69, 9.17) is 5.26 Å². The van der Waals surface area contributed by atoms with Crippen LogP contribution in [0, 0.1) is 40.6 Å². The highest BCUT2D eigenvalue weighted by atomic mass is 32.2. The molecule has 2 aromatic carbocycles. The van der Waals surface area contributed by atoms with E-state index in [9.17, 15) is 8.42 Å². The Bertz CT molecular complexity index is 973. The molecule has 24 heavy (non-hydrogen) atoms. The lowest BCUT2D eigenvalue weighted by atomic mass is 10.1. The zero-order chi connectivity index (χ0) is 17.4. The highest BCUT2D eigenvalue weighted by molar-refractivity contribution is 8.00. The molecular formula is C20H15NO2S. The molecule has 0 heterocycles. The van der Waals surface area contributed by atoms with Crippen molar-refractivity contribution in [2.24, 2.45) is 0 Å². The summed E-state index contributed by atoms with van der Waals surface area (Å²) in [6.45, 7) is 1.99. The Morgan fingerprint density at radius 1 is 0.833 bits per heavy atom. The molecule has 0 atom stereocenters. The fourth-order valence-electron chi connectivity index (χ4n) is 1.89. The van der Waals surface area contributed by atoms with Gasteiger partial charge in [0.2, 0.25) is 0 Å². The van der Waals surface area contributed by atoms with E-state index in [1.807, 2.05) is 37.3 Å². The lowest BCUT2D eigenvalue weighted by molar-refractivity contribution is 0.615. The van der Waals surface area contributed by atoms with Crippen molar-refractivity contribution in [3.63, 3.8) is 0 Å². The number of hydrogen-bond acceptors (Lipinski definition) is 3. The van der Waals surface area contributed by atoms with Crippen LogP contribution in [-0.2, 0) is 22.7 Å². The first-order valence-corrected chi connectivity index (χ1v) is 8.76. The van der Waals surface area contributed by atoms with Crippen molar-refractivity contribution in [3.05, 3.63) is 70.8 Å². The standard InChI is InChI=1S/C20H15NO2S/c1-17-6-8-18(9-7-17)4-2-14-24(22,23)15-3-5-19-10-12-20(16-21)13-11-19/h6-13H,4-5H2,1H3. The van der Waals surface area contributed by atoms with Crippen molar-refractivity contribution in [1.29, 1.82) is 5.26 Å². The highest BCUT2D eigenvalue weighted by Crippen LogP contribution is 2.04. The second kappa shape index (κ2) is 8.02. The molecule has 0 aliphatic carbocycles. The van der Waals surface area contributed by atoms with Gasteiger partial charge in [-0.1, -0.05) is 53.8 Å². The Morgan fingerprint density at radius 3 is 1.75 bits per heavy atom. The molecule has 0 aliphatic heterocycles. The maximum atomic E-state index is 11.8. The van der Waals surface area contributed by atoms with Gasteiger partial charge in [0.1, 0.15) is 0 Å². The van der Waals surface area contributed by atoms with Gasteiger partial charge in [-0.15, -0.1) is 0 Å². The van der Waals surface area contributed by atoms with Crippen LogP contribution < -0.4 is 0 Å². The summed E-state index contributed by atoms with van der Waals surface area (Å²) in [6.07, 6.45) is 0.668. The molecule has 0 aromatic heterocycles. The molecule has 2 rings (SSSR count). The Morgan fingerprint density at radius 2 is 1.29 bits per heavy atom. The van der Waals surface area contributed by atoms with Gasteiger partial charge in [-0.25, -0.2) is 8.42 Å². The topological polar surface area (TPSA) is 57.9 Å². The third-order valence-corrected chi connectivity index (χ3v) is 4.03. The smallest absolute Gasteiger partial charge is 0.202 e. The normalized spacial score (nSPS) is 9.83. The minimum Gasteiger partial charge on any atom is -0.202 e. The number of sulfone groups is 1. The molecule has 0 unspecified atom stereocenters. The molecular weight excluding hydrogens is 318 g/mol. The number of benzene rings is 2. The molecule has 0 saturated heterocycles. The summed E-state index contributed by atoms with van der Waals surface area (Å²) in [5.41, 5.74) is 3.52. The second-order valence-corrected chi connectivity index (χ2v) is 6.62. The molecule has 3 nitrogen and oxygen atoms in total. The van der Waals surface area contributed by atoms with E-state index in [0.29, 0.717) is 18.4 Å². The number of hydrogen-bond donors (Lipinski definition) is 0. The molecule has 0 amide bonds. The molecule has 4 heteroatoms. The molecule has 0 spiro atoms. The summed E-state index contributed by atoms with van der Waals surface area (Å²) in [5.74, 6) is 5.26. The summed E-state index contributed by atoms with van der Waals surface area (Å²) in [6, 6.07) is 16.6. The predicted octanol–water partition coefficient (Wildman–Crippen LogP) is 2.99. The number of nitriles is 1. The first-order chi connectivity index (χ1) is 11.5. The summed E-state index contributed by atoms with van der Waals surface area (Å²) in [4.78, 5) is 0. The fourth-order valence-corrected chi connectivity index (χ4v) is 2.47. The van der Waals surface area contributed by atoms with Crippen LogP contribution in [0.3, 0.4) is 0 Å². The van der Waals surface area contributed by atoms with Gasteiger partial charge in [0.15, 0.2) is 0 Å². The summed E-state index contributed by atoms with van der Waals surface area (Å²) in [7, 11) is -3.72. The van der Waals surface area contributed by atoms with Gasteiger partial charge in [0, 0.05) is 23.3 Å². The number of aryl methyl sites for hydroxylation is 1. The number of rotatable bonds is 2. The molecule has 0 N–H and O–H groups in total. The van der Waals surface area contributed by atoms with Crippen LogP contribution in [0.1, 0.15) is 22.3 Å². The summed E-state index contributed by atoms with van der Waals surface area (Å²) < 4.78 is 23.6. The molecule has 0 fully saturated rings. The Hall–Kier alpha value is -3.00. The SMILES string of the molecule is Cc1ccc(CC#CS(=O)(=O)C#CCc2ccc(C#N)cc2)cc1. The van der Waals surface area contributed by atoms with Crippen molar-refractivity contribution in [2.75, 3.05) is 0 Å². The molecule has 0 radical (unpaired) electrons. The van der Waals surface area contributed by atoms with E-state index in [1.54, 1.807) is 24.3 Å². The van der Waals surface area contributed by atoms with Crippen molar-refractivity contribution in [2.45, 2.75) is 19.8 Å². The fraction of sp³-hybridized carbons (Fsp3) is 0.150. The van der Waals surface area contributed by atoms with Gasteiger partial charge in [0.25, 0.3) is 9.84 Å². The van der Waals surface area contributed by atoms with Gasteiger partial charge in [0.05, 0.1) is 11.6 Å². The molecule has 118 valence electrons. The van der Waals surface area contributed by atoms with E-state index in [2.05, 4.69) is 22.3 Å². The average molecular weight is 333 g/mol. The van der Waals surface area contributed by atoms with E-state index < -0.39 is 9.84 Å². The maximum absolute atomic E-state index is 11.8. The largest absolute Gasteiger partial charge is 0.284 e. The van der Waals surface area contributed by atoms with Crippen LogP contribution in [0.15, 0.2) is 48.5 Å². The van der Waals surface area contributed by atoms with Gasteiger partial charge in [-0.05, 0) is 30.2 Å². The molecule has 0 bridgehead atoms. The minimum absolute atomic E-state index is 0.296. The van der Waals surface area contributed by atoms with Crippen LogP contribution in [0.25, 0.3) is 0 Å². The first-order valence-electron chi connectivity index (χ1n) is 7.27. The average Bonchev–Trinajstić information content (AvgIpc) is 2.57. The van der Waals surface area contributed by atoms with Crippen LogP contribution in [0.4, 0.5) is 0 Å². The van der Waals surface area contributed by atoms with Crippen LogP contribution in [-0.4, -0.2) is 8.42 Å². The Balaban J connectivity index is 1.97. The molecule has 0 aliphatic rings. The molecule has 0 saturated carbocycles. The van der Waals surface area contributed by atoms with E-state index in [-0.39, 0.29) is 0 Å². The third-order valence-electron chi connectivity index (χ3n) is 3.20. The lowest BCUT2D eigenvalue weighted by Crippen LogP contribution is -1.92. The lowest BCUT2D eigenvalue weighted by Gasteiger charge is -1.95. The Kier molecular flexibility index (Phi) is 5.80. The van der Waals surface area contributed by atoms with Crippen LogP contribution in [0.2, 0.25) is 0 Å². The van der Waals surface area contributed by atoms with Crippen molar-refractivity contribution in [3.8, 4) is 28.4 Å². The van der Waals surface area contributed by atoms with Gasteiger partial charge >= 0.3 is 0 Å². The molecule has 2 aromatic rings. The van der Waals surface area contributed by atoms with Crippen molar-refractivity contribution >= 4 is 9.84 Å². The maximum Gasteiger partial charge on any atom is 0.284 e. The zero-order valence-corrected chi connectivity index (χ0v) is 14.0. The van der Waals surface area contributed by atoms with Gasteiger partial charge in [-0.3, -0.25) is 0 Å². The van der Waals surface area contributed by atoms with Gasteiger partial charge in [-0.2, -0.15) is 5.26 Å². The highest BCUT2D eigenvalue weighted by Gasteiger charge is 1.99. The monoisotopic (exact) mass is 333 g/mol. The Labute approximate surface area is 142 Å². The van der Waals surface area contributed by atoms with Crippen molar-refractivity contribution < 1.29 is 8.42 Å². The van der Waals surface area contributed by atoms with E-state index >= 15 is 0 Å². The van der Waals surface area contributed by atoms with Gasteiger partial charge < -0.3 is 0 Å². The second-order valence-electron chi connectivity index (χ2n) is 5.21. The first kappa shape index (κ1) is 17.4. The predicted molar refractivity (Wildman–Crippen MR) is 94.2 cm³/mol. The number of nitrogens with zero attached hydrogens (tertiary/aromatic N) is 1. The van der Waals surface area contributed by atoms with Crippen LogP contribution >= 0.6 is 0 Å². The quantitative estimate of drug-likeness (QED) is 0.627. The van der Waals surface area contributed by atoms with Crippen molar-refractivity contribution in [1.82, 2.24) is 0 Å².